The summed E-state index contributed by atoms with van der Waals surface area (Å²) in [6.45, 7) is 8.93. The summed E-state index contributed by atoms with van der Waals surface area (Å²) in [5.41, 5.74) is 1.02. The minimum absolute atomic E-state index is 0.507. The molecular formula is C22H34N6OS. The molecule has 0 bridgehead atoms. The highest BCUT2D eigenvalue weighted by Crippen LogP contribution is 2.36. The van der Waals surface area contributed by atoms with E-state index < -0.39 is 0 Å². The molecule has 4 heterocycles. The Morgan fingerprint density at radius 3 is 2.80 bits per heavy atom. The normalized spacial score (nSPS) is 24.4. The van der Waals surface area contributed by atoms with Crippen molar-refractivity contribution < 1.29 is 4.52 Å². The minimum Gasteiger partial charge on any atom is -0.361 e. The quantitative estimate of drug-likeness (QED) is 0.581. The zero-order chi connectivity index (χ0) is 20.9. The Hall–Kier alpha value is -1.90. The number of thiophene rings is 1. The highest BCUT2D eigenvalue weighted by Gasteiger charge is 2.31. The molecule has 8 heteroatoms. The van der Waals surface area contributed by atoms with E-state index in [-0.39, 0.29) is 0 Å². The molecule has 0 radical (unpaired) electrons. The van der Waals surface area contributed by atoms with Crippen molar-refractivity contribution in [3.8, 4) is 0 Å². The van der Waals surface area contributed by atoms with Crippen molar-refractivity contribution in [3.05, 3.63) is 39.9 Å². The Balaban J connectivity index is 1.29. The maximum atomic E-state index is 5.20. The molecule has 2 atom stereocenters. The first-order valence-electron chi connectivity index (χ1n) is 11.0. The van der Waals surface area contributed by atoms with E-state index in [4.69, 9.17) is 4.52 Å². The fraction of sp³-hybridized carbons (Fsp3) is 0.636. The molecule has 2 saturated heterocycles. The SMILES string of the molecule is CN=C(NCC1CCCN(C)C1c1cccs1)N1CCN(Cc2cc(C)on2)CC1. The topological polar surface area (TPSA) is 60.1 Å². The number of hydrogen-bond acceptors (Lipinski definition) is 6. The van der Waals surface area contributed by atoms with Crippen molar-refractivity contribution in [2.45, 2.75) is 32.4 Å². The molecule has 2 aliphatic heterocycles. The highest BCUT2D eigenvalue weighted by atomic mass is 32.1. The van der Waals surface area contributed by atoms with Crippen LogP contribution in [-0.2, 0) is 6.54 Å². The Bertz CT molecular complexity index is 811. The molecule has 2 aromatic rings. The standard InChI is InChI=1S/C22H34N6OS/c1-17-14-19(25-29-17)16-27-9-11-28(12-10-27)22(23-2)24-15-18-6-4-8-26(3)21(18)20-7-5-13-30-20/h5,7,13-14,18,21H,4,6,8-12,15-16H2,1-3H3,(H,23,24). The molecule has 0 aliphatic carbocycles. The van der Waals surface area contributed by atoms with Gasteiger partial charge in [-0.05, 0) is 50.7 Å². The van der Waals surface area contributed by atoms with Crippen LogP contribution in [0, 0.1) is 12.8 Å². The van der Waals surface area contributed by atoms with Crippen LogP contribution >= 0.6 is 11.3 Å². The van der Waals surface area contributed by atoms with Gasteiger partial charge in [-0.1, -0.05) is 11.2 Å². The van der Waals surface area contributed by atoms with Gasteiger partial charge in [-0.15, -0.1) is 11.3 Å². The van der Waals surface area contributed by atoms with Crippen molar-refractivity contribution in [2.75, 3.05) is 53.4 Å². The first-order chi connectivity index (χ1) is 14.6. The van der Waals surface area contributed by atoms with E-state index in [0.29, 0.717) is 12.0 Å². The molecule has 1 N–H and O–H groups in total. The fourth-order valence-electron chi connectivity index (χ4n) is 4.78. The summed E-state index contributed by atoms with van der Waals surface area (Å²) in [4.78, 5) is 13.4. The van der Waals surface area contributed by atoms with E-state index in [1.165, 1.54) is 24.3 Å². The first kappa shape index (κ1) is 21.3. The van der Waals surface area contributed by atoms with E-state index in [9.17, 15) is 0 Å². The summed E-state index contributed by atoms with van der Waals surface area (Å²) >= 11 is 1.88. The molecule has 2 unspecified atom stereocenters. The van der Waals surface area contributed by atoms with Gasteiger partial charge >= 0.3 is 0 Å². The van der Waals surface area contributed by atoms with E-state index >= 15 is 0 Å². The summed E-state index contributed by atoms with van der Waals surface area (Å²) in [5.74, 6) is 2.52. The van der Waals surface area contributed by atoms with Crippen molar-refractivity contribution in [3.63, 3.8) is 0 Å². The number of aryl methyl sites for hydroxylation is 1. The number of nitrogens with zero attached hydrogens (tertiary/aromatic N) is 5. The molecule has 0 aromatic carbocycles. The lowest BCUT2D eigenvalue weighted by atomic mass is 9.88. The minimum atomic E-state index is 0.507. The number of piperazine rings is 1. The lowest BCUT2D eigenvalue weighted by Crippen LogP contribution is -2.53. The number of rotatable bonds is 5. The molecule has 164 valence electrons. The number of aliphatic imine (C=N–C) groups is 1. The summed E-state index contributed by atoms with van der Waals surface area (Å²) in [7, 11) is 4.16. The third-order valence-corrected chi connectivity index (χ3v) is 7.25. The number of likely N-dealkylation sites (tertiary alicyclic amines) is 1. The van der Waals surface area contributed by atoms with Crippen LogP contribution < -0.4 is 5.32 Å². The summed E-state index contributed by atoms with van der Waals surface area (Å²) in [6, 6.07) is 6.99. The van der Waals surface area contributed by atoms with Crippen molar-refractivity contribution >= 4 is 17.3 Å². The first-order valence-corrected chi connectivity index (χ1v) is 11.9. The van der Waals surface area contributed by atoms with Crippen LogP contribution in [0.25, 0.3) is 0 Å². The van der Waals surface area contributed by atoms with Gasteiger partial charge < -0.3 is 14.7 Å². The lowest BCUT2D eigenvalue weighted by Gasteiger charge is -2.40. The van der Waals surface area contributed by atoms with Crippen LogP contribution in [0.4, 0.5) is 0 Å². The second-order valence-electron chi connectivity index (χ2n) is 8.46. The molecule has 0 saturated carbocycles. The summed E-state index contributed by atoms with van der Waals surface area (Å²) < 4.78 is 5.20. The molecule has 4 rings (SSSR count). The van der Waals surface area contributed by atoms with Gasteiger partial charge in [0, 0.05) is 63.3 Å². The Morgan fingerprint density at radius 2 is 2.13 bits per heavy atom. The average molecular weight is 431 g/mol. The third kappa shape index (κ3) is 5.04. The van der Waals surface area contributed by atoms with E-state index in [1.54, 1.807) is 0 Å². The highest BCUT2D eigenvalue weighted by molar-refractivity contribution is 7.10. The van der Waals surface area contributed by atoms with Crippen LogP contribution in [0.1, 0.15) is 35.2 Å². The molecule has 2 aliphatic rings. The Labute approximate surface area is 183 Å². The van der Waals surface area contributed by atoms with Gasteiger partial charge in [-0.2, -0.15) is 0 Å². The van der Waals surface area contributed by atoms with Crippen LogP contribution in [0.3, 0.4) is 0 Å². The van der Waals surface area contributed by atoms with Gasteiger partial charge in [0.15, 0.2) is 5.96 Å². The molecule has 0 spiro atoms. The summed E-state index contributed by atoms with van der Waals surface area (Å²) in [5, 5.41) is 10.0. The number of piperidine rings is 1. The zero-order valence-corrected chi connectivity index (χ0v) is 19.2. The molecule has 0 amide bonds. The average Bonchev–Trinajstić information content (AvgIpc) is 3.41. The fourth-order valence-corrected chi connectivity index (χ4v) is 5.76. The zero-order valence-electron chi connectivity index (χ0n) is 18.4. The maximum absolute atomic E-state index is 5.20. The smallest absolute Gasteiger partial charge is 0.193 e. The van der Waals surface area contributed by atoms with E-state index in [1.807, 2.05) is 31.4 Å². The number of guanidine groups is 1. The van der Waals surface area contributed by atoms with Gasteiger partial charge in [0.1, 0.15) is 5.76 Å². The van der Waals surface area contributed by atoms with E-state index in [0.717, 1.165) is 56.7 Å². The predicted octanol–water partition coefficient (Wildman–Crippen LogP) is 2.82. The van der Waals surface area contributed by atoms with Gasteiger partial charge in [0.2, 0.25) is 0 Å². The van der Waals surface area contributed by atoms with Crippen molar-refractivity contribution in [1.29, 1.82) is 0 Å². The lowest BCUT2D eigenvalue weighted by molar-refractivity contribution is 0.123. The predicted molar refractivity (Wildman–Crippen MR) is 122 cm³/mol. The van der Waals surface area contributed by atoms with Gasteiger partial charge in [0.25, 0.3) is 0 Å². The Kier molecular flexibility index (Phi) is 7.07. The van der Waals surface area contributed by atoms with Gasteiger partial charge in [-0.3, -0.25) is 14.8 Å². The van der Waals surface area contributed by atoms with Crippen molar-refractivity contribution in [1.82, 2.24) is 25.2 Å². The van der Waals surface area contributed by atoms with Crippen LogP contribution in [0.15, 0.2) is 33.1 Å². The van der Waals surface area contributed by atoms with Gasteiger partial charge in [0.05, 0.1) is 5.69 Å². The third-order valence-electron chi connectivity index (χ3n) is 6.31. The monoisotopic (exact) mass is 430 g/mol. The van der Waals surface area contributed by atoms with Gasteiger partial charge in [-0.25, -0.2) is 0 Å². The molecular weight excluding hydrogens is 396 g/mol. The number of nitrogens with one attached hydrogen (secondary N) is 1. The molecule has 2 fully saturated rings. The molecule has 2 aromatic heterocycles. The van der Waals surface area contributed by atoms with E-state index in [2.05, 4.69) is 54.7 Å². The number of hydrogen-bond donors (Lipinski definition) is 1. The number of aromatic nitrogens is 1. The maximum Gasteiger partial charge on any atom is 0.193 e. The van der Waals surface area contributed by atoms with Crippen LogP contribution in [0.2, 0.25) is 0 Å². The summed E-state index contributed by atoms with van der Waals surface area (Å²) in [6.07, 6.45) is 2.53. The second-order valence-corrected chi connectivity index (χ2v) is 9.44. The molecule has 30 heavy (non-hydrogen) atoms. The van der Waals surface area contributed by atoms with Crippen LogP contribution in [0.5, 0.6) is 0 Å². The second kappa shape index (κ2) is 9.94. The molecule has 7 nitrogen and oxygen atoms in total. The van der Waals surface area contributed by atoms with Crippen molar-refractivity contribution in [2.24, 2.45) is 10.9 Å². The van der Waals surface area contributed by atoms with Crippen LogP contribution in [-0.4, -0.2) is 79.2 Å². The Morgan fingerprint density at radius 1 is 1.30 bits per heavy atom. The largest absolute Gasteiger partial charge is 0.361 e.